The van der Waals surface area contributed by atoms with Crippen LogP contribution in [-0.4, -0.2) is 14.5 Å². The van der Waals surface area contributed by atoms with Gasteiger partial charge in [0, 0.05) is 21.7 Å². The van der Waals surface area contributed by atoms with E-state index in [0.717, 1.165) is 33.2 Å². The summed E-state index contributed by atoms with van der Waals surface area (Å²) in [5, 5.41) is 6.19. The number of para-hydroxylation sites is 1. The number of fused-ring (bicyclic) bond motifs is 8. The van der Waals surface area contributed by atoms with Gasteiger partial charge in [0.1, 0.15) is 0 Å². The molecule has 3 heteroatoms. The summed E-state index contributed by atoms with van der Waals surface area (Å²) in [6.45, 7) is 0. The van der Waals surface area contributed by atoms with E-state index in [-0.39, 0.29) is 0 Å². The van der Waals surface area contributed by atoms with Gasteiger partial charge in [-0.3, -0.25) is 4.57 Å². The minimum absolute atomic E-state index is 0.431. The van der Waals surface area contributed by atoms with Crippen LogP contribution >= 0.6 is 0 Å². The molecule has 0 atom stereocenters. The van der Waals surface area contributed by atoms with Crippen molar-refractivity contribution in [3.8, 4) is 28.3 Å². The Kier molecular flexibility index (Phi) is 4.52. The second-order valence-electron chi connectivity index (χ2n) is 12.5. The highest BCUT2D eigenvalue weighted by Gasteiger charge is 2.49. The summed E-state index contributed by atoms with van der Waals surface area (Å²) in [6, 6.07) is 55.0. The fraction of sp³-hybridized carbons (Fsp3) is 0.0233. The molecule has 0 unspecified atom stereocenters. The molecule has 0 saturated carbocycles. The zero-order valence-corrected chi connectivity index (χ0v) is 24.8. The first-order chi connectivity index (χ1) is 22.8. The van der Waals surface area contributed by atoms with Crippen LogP contribution in [-0.2, 0) is 5.41 Å². The topological polar surface area (TPSA) is 30.7 Å². The maximum atomic E-state index is 5.35. The van der Waals surface area contributed by atoms with Gasteiger partial charge in [-0.05, 0) is 62.4 Å². The summed E-state index contributed by atoms with van der Waals surface area (Å²) in [4.78, 5) is 10.6. The van der Waals surface area contributed by atoms with E-state index >= 15 is 0 Å². The summed E-state index contributed by atoms with van der Waals surface area (Å²) in [5.74, 6) is 0.690. The van der Waals surface area contributed by atoms with E-state index in [1.54, 1.807) is 0 Å². The van der Waals surface area contributed by atoms with Crippen LogP contribution in [0.15, 0.2) is 152 Å². The molecule has 2 aliphatic rings. The molecule has 0 radical (unpaired) electrons. The Hall–Kier alpha value is -6.06. The van der Waals surface area contributed by atoms with Crippen molar-refractivity contribution in [1.29, 1.82) is 0 Å². The first-order valence-corrected chi connectivity index (χ1v) is 15.9. The zero-order chi connectivity index (χ0) is 30.0. The Morgan fingerprint density at radius 1 is 0.435 bits per heavy atom. The lowest BCUT2D eigenvalue weighted by molar-refractivity contribution is 0.783. The Labute approximate surface area is 265 Å². The largest absolute Gasteiger partial charge is 0.278 e. The monoisotopic (exact) mass is 583 g/mol. The smallest absolute Gasteiger partial charge is 0.235 e. The quantitative estimate of drug-likeness (QED) is 0.203. The molecule has 0 bridgehead atoms. The van der Waals surface area contributed by atoms with Crippen LogP contribution in [0, 0.1) is 0 Å². The highest BCUT2D eigenvalue weighted by molar-refractivity contribution is 6.26. The summed E-state index contributed by atoms with van der Waals surface area (Å²) in [7, 11) is 0. The van der Waals surface area contributed by atoms with Gasteiger partial charge in [-0.25, -0.2) is 9.97 Å². The lowest BCUT2D eigenvalue weighted by Gasteiger charge is -2.37. The molecule has 0 amide bonds. The lowest BCUT2D eigenvalue weighted by Crippen LogP contribution is -2.30. The van der Waals surface area contributed by atoms with Crippen molar-refractivity contribution < 1.29 is 0 Å². The Morgan fingerprint density at radius 3 is 1.87 bits per heavy atom. The molecular formula is C43H25N3. The molecule has 46 heavy (non-hydrogen) atoms. The van der Waals surface area contributed by atoms with Crippen LogP contribution in [0.5, 0.6) is 0 Å². The molecule has 7 aromatic carbocycles. The molecule has 2 aliphatic carbocycles. The second kappa shape index (κ2) is 8.56. The first kappa shape index (κ1) is 24.3. The van der Waals surface area contributed by atoms with Gasteiger partial charge in [0.2, 0.25) is 5.95 Å². The maximum absolute atomic E-state index is 5.35. The van der Waals surface area contributed by atoms with Crippen molar-refractivity contribution >= 4 is 43.5 Å². The molecule has 2 heterocycles. The molecule has 0 aliphatic heterocycles. The summed E-state index contributed by atoms with van der Waals surface area (Å²) < 4.78 is 2.30. The molecule has 11 rings (SSSR count). The van der Waals surface area contributed by atoms with Gasteiger partial charge in [0.05, 0.1) is 27.7 Å². The minimum Gasteiger partial charge on any atom is -0.278 e. The van der Waals surface area contributed by atoms with Gasteiger partial charge in [0.15, 0.2) is 0 Å². The van der Waals surface area contributed by atoms with E-state index < -0.39 is 5.41 Å². The number of hydrogen-bond acceptors (Lipinski definition) is 2. The van der Waals surface area contributed by atoms with Gasteiger partial charge in [-0.1, -0.05) is 133 Å². The van der Waals surface area contributed by atoms with Crippen LogP contribution in [0.25, 0.3) is 71.8 Å². The number of nitrogens with zero attached hydrogens (tertiary/aromatic N) is 3. The SMILES string of the molecule is c1ccc(-c2nc(-n3c4cccc5c4c4c6c(cccc6ccc43)C53c4ccccc4-c4ccccc43)nc3ccccc23)cc1. The third kappa shape index (κ3) is 2.80. The van der Waals surface area contributed by atoms with Crippen LogP contribution in [0.2, 0.25) is 0 Å². The number of benzene rings is 7. The van der Waals surface area contributed by atoms with E-state index in [1.165, 1.54) is 54.9 Å². The highest BCUT2D eigenvalue weighted by Crippen LogP contribution is 2.61. The highest BCUT2D eigenvalue weighted by atomic mass is 15.2. The standard InChI is InChI=1S/C43H25N3/c1-2-12-27(13-3-1)41-30-17-6-9-22-35(30)44-42(45-41)46-36-23-11-21-34-39(36)40-37(46)25-24-26-14-10-20-33(38(26)40)43(34)31-18-7-4-15-28(31)29-16-5-8-19-32(29)43/h1-25H. The Balaban J connectivity index is 1.34. The van der Waals surface area contributed by atoms with Crippen molar-refractivity contribution in [3.05, 3.63) is 174 Å². The molecule has 0 saturated heterocycles. The van der Waals surface area contributed by atoms with Crippen LogP contribution in [0.1, 0.15) is 22.3 Å². The number of rotatable bonds is 2. The van der Waals surface area contributed by atoms with Gasteiger partial charge in [-0.2, -0.15) is 0 Å². The number of aromatic nitrogens is 3. The Morgan fingerprint density at radius 2 is 1.07 bits per heavy atom. The van der Waals surface area contributed by atoms with Crippen LogP contribution in [0.3, 0.4) is 0 Å². The lowest BCUT2D eigenvalue weighted by atomic mass is 9.63. The molecule has 3 nitrogen and oxygen atoms in total. The fourth-order valence-electron chi connectivity index (χ4n) is 8.71. The predicted octanol–water partition coefficient (Wildman–Crippen LogP) is 10.2. The second-order valence-corrected chi connectivity index (χ2v) is 12.5. The zero-order valence-electron chi connectivity index (χ0n) is 24.8. The van der Waals surface area contributed by atoms with Crippen molar-refractivity contribution in [2.45, 2.75) is 5.41 Å². The van der Waals surface area contributed by atoms with Gasteiger partial charge < -0.3 is 0 Å². The Bertz CT molecular complexity index is 2710. The average molecular weight is 584 g/mol. The van der Waals surface area contributed by atoms with E-state index in [9.17, 15) is 0 Å². The third-order valence-corrected chi connectivity index (χ3v) is 10.4. The van der Waals surface area contributed by atoms with Crippen molar-refractivity contribution in [2.75, 3.05) is 0 Å². The predicted molar refractivity (Wildman–Crippen MR) is 188 cm³/mol. The van der Waals surface area contributed by atoms with Crippen LogP contribution < -0.4 is 0 Å². The number of hydrogen-bond donors (Lipinski definition) is 0. The van der Waals surface area contributed by atoms with Gasteiger partial charge >= 0.3 is 0 Å². The van der Waals surface area contributed by atoms with E-state index in [2.05, 4.69) is 156 Å². The fourth-order valence-corrected chi connectivity index (χ4v) is 8.71. The van der Waals surface area contributed by atoms with Crippen molar-refractivity contribution in [1.82, 2.24) is 14.5 Å². The van der Waals surface area contributed by atoms with Crippen molar-refractivity contribution in [2.24, 2.45) is 0 Å². The van der Waals surface area contributed by atoms with Gasteiger partial charge in [0.25, 0.3) is 0 Å². The molecule has 212 valence electrons. The summed E-state index contributed by atoms with van der Waals surface area (Å²) in [5.41, 5.74) is 12.8. The third-order valence-electron chi connectivity index (χ3n) is 10.4. The molecule has 2 aromatic heterocycles. The van der Waals surface area contributed by atoms with E-state index in [0.29, 0.717) is 5.95 Å². The van der Waals surface area contributed by atoms with E-state index in [4.69, 9.17) is 9.97 Å². The first-order valence-electron chi connectivity index (χ1n) is 15.9. The molecular weight excluding hydrogens is 558 g/mol. The average Bonchev–Trinajstić information content (AvgIpc) is 3.62. The molecule has 0 fully saturated rings. The molecule has 0 N–H and O–H groups in total. The minimum atomic E-state index is -0.431. The molecule has 9 aromatic rings. The maximum Gasteiger partial charge on any atom is 0.235 e. The van der Waals surface area contributed by atoms with Gasteiger partial charge in [-0.15, -0.1) is 0 Å². The summed E-state index contributed by atoms with van der Waals surface area (Å²) >= 11 is 0. The van der Waals surface area contributed by atoms with Crippen LogP contribution in [0.4, 0.5) is 0 Å². The van der Waals surface area contributed by atoms with E-state index in [1.807, 2.05) is 0 Å². The van der Waals surface area contributed by atoms with Crippen molar-refractivity contribution in [3.63, 3.8) is 0 Å². The molecule has 1 spiro atoms. The normalized spacial score (nSPS) is 13.8. The summed E-state index contributed by atoms with van der Waals surface area (Å²) in [6.07, 6.45) is 0.